The minimum atomic E-state index is -3.67. The molecule has 2 nitrogen and oxygen atoms in total. The molecule has 122 valence electrons. The highest BCUT2D eigenvalue weighted by atomic mass is 19.4. The highest BCUT2D eigenvalue weighted by Gasteiger charge is 2.19. The summed E-state index contributed by atoms with van der Waals surface area (Å²) in [6.45, 7) is 18.0. The number of nitrogens with zero attached hydrogens (tertiary/aromatic N) is 2. The minimum absolute atomic E-state index is 0. The SMILES string of the molecule is CC(C)N(C=[N+](C(C)C)C(C)C)C(C)C.FB(F)F.[F-]. The molecule has 0 spiro atoms. The summed E-state index contributed by atoms with van der Waals surface area (Å²) < 4.78 is 31.4. The smallest absolute Gasteiger partial charge is 0.762 e. The van der Waals surface area contributed by atoms with Gasteiger partial charge in [0.15, 0.2) is 0 Å². The Labute approximate surface area is 121 Å². The highest BCUT2D eigenvalue weighted by Crippen LogP contribution is 2.04. The second-order valence-corrected chi connectivity index (χ2v) is 5.63. The van der Waals surface area contributed by atoms with Gasteiger partial charge < -0.3 is 4.70 Å². The van der Waals surface area contributed by atoms with E-state index in [0.29, 0.717) is 24.2 Å². The van der Waals surface area contributed by atoms with E-state index < -0.39 is 7.54 Å². The number of hydrogen-bond acceptors (Lipinski definition) is 0. The van der Waals surface area contributed by atoms with Crippen LogP contribution in [0.5, 0.6) is 0 Å². The molecule has 20 heavy (non-hydrogen) atoms. The molecule has 0 N–H and O–H groups in total. The molecule has 0 bridgehead atoms. The zero-order valence-electron chi connectivity index (χ0n) is 13.9. The van der Waals surface area contributed by atoms with Crippen molar-refractivity contribution >= 4 is 13.9 Å². The van der Waals surface area contributed by atoms with Gasteiger partial charge in [0, 0.05) is 0 Å². The Morgan fingerprint density at radius 1 is 0.800 bits per heavy atom. The van der Waals surface area contributed by atoms with Crippen molar-refractivity contribution in [3.63, 3.8) is 0 Å². The summed E-state index contributed by atoms with van der Waals surface area (Å²) in [5, 5.41) is 0. The van der Waals surface area contributed by atoms with Gasteiger partial charge in [0.2, 0.25) is 6.34 Å². The monoisotopic (exact) mass is 300 g/mol. The number of halogens is 4. The number of rotatable bonds is 5. The third-order valence-corrected chi connectivity index (χ3v) is 2.65. The predicted molar refractivity (Wildman–Crippen MR) is 77.8 cm³/mol. The van der Waals surface area contributed by atoms with E-state index >= 15 is 0 Å². The highest BCUT2D eigenvalue weighted by molar-refractivity contribution is 6.33. The molecule has 0 fully saturated rings. The lowest BCUT2D eigenvalue weighted by atomic mass is 10.2. The average molecular weight is 300 g/mol. The minimum Gasteiger partial charge on any atom is -1.00 e. The van der Waals surface area contributed by atoms with Crippen LogP contribution in [0.1, 0.15) is 55.4 Å². The van der Waals surface area contributed by atoms with E-state index in [1.807, 2.05) is 0 Å². The van der Waals surface area contributed by atoms with Gasteiger partial charge in [-0.1, -0.05) is 0 Å². The fraction of sp³-hybridized carbons (Fsp3) is 0.923. The normalized spacial score (nSPS) is 10.2. The van der Waals surface area contributed by atoms with Crippen LogP contribution in [0.25, 0.3) is 0 Å². The summed E-state index contributed by atoms with van der Waals surface area (Å²) in [7, 11) is -3.67. The lowest BCUT2D eigenvalue weighted by Gasteiger charge is -2.25. The van der Waals surface area contributed by atoms with Gasteiger partial charge in [-0.25, -0.2) is 0 Å². The summed E-state index contributed by atoms with van der Waals surface area (Å²) >= 11 is 0. The Balaban J connectivity index is -0.000000508. The molecule has 0 heterocycles. The zero-order valence-corrected chi connectivity index (χ0v) is 13.9. The van der Waals surface area contributed by atoms with Crippen LogP contribution >= 0.6 is 0 Å². The summed E-state index contributed by atoms with van der Waals surface area (Å²) in [6.07, 6.45) is 2.30. The Kier molecular flexibility index (Phi) is 14.6. The Bertz CT molecular complexity index is 236. The third-order valence-electron chi connectivity index (χ3n) is 2.65. The van der Waals surface area contributed by atoms with Crippen LogP contribution in [-0.2, 0) is 0 Å². The lowest BCUT2D eigenvalue weighted by molar-refractivity contribution is -0.587. The molecule has 0 amide bonds. The zero-order chi connectivity index (χ0) is 15.7. The Morgan fingerprint density at radius 2 is 1.05 bits per heavy atom. The van der Waals surface area contributed by atoms with E-state index in [1.165, 1.54) is 0 Å². The van der Waals surface area contributed by atoms with Crippen LogP contribution in [0.3, 0.4) is 0 Å². The van der Waals surface area contributed by atoms with Gasteiger partial charge in [0.25, 0.3) is 0 Å². The maximum atomic E-state index is 9.67. The first-order valence-corrected chi connectivity index (χ1v) is 6.82. The van der Waals surface area contributed by atoms with Crippen LogP contribution in [0, 0.1) is 0 Å². The van der Waals surface area contributed by atoms with Crippen molar-refractivity contribution in [2.75, 3.05) is 0 Å². The summed E-state index contributed by atoms with van der Waals surface area (Å²) in [5.41, 5.74) is 0. The van der Waals surface area contributed by atoms with Crippen LogP contribution < -0.4 is 4.70 Å². The number of hydrogen-bond donors (Lipinski definition) is 0. The maximum Gasteiger partial charge on any atom is 0.762 e. The maximum absolute atomic E-state index is 9.67. The second kappa shape index (κ2) is 12.0. The molecule has 0 atom stereocenters. The van der Waals surface area contributed by atoms with Crippen LogP contribution in [0.2, 0.25) is 0 Å². The van der Waals surface area contributed by atoms with Gasteiger partial charge in [-0.05, 0) is 55.4 Å². The van der Waals surface area contributed by atoms with Gasteiger partial charge in [0.1, 0.15) is 0 Å². The van der Waals surface area contributed by atoms with Crippen LogP contribution in [-0.4, -0.2) is 47.5 Å². The topological polar surface area (TPSA) is 6.25 Å². The van der Waals surface area contributed by atoms with Gasteiger partial charge in [-0.15, -0.1) is 0 Å². The average Bonchev–Trinajstić information content (AvgIpc) is 2.14. The lowest BCUT2D eigenvalue weighted by Crippen LogP contribution is -3.00. The molecule has 0 aromatic heterocycles. The van der Waals surface area contributed by atoms with Gasteiger partial charge in [-0.2, -0.15) is 0 Å². The van der Waals surface area contributed by atoms with Gasteiger partial charge >= 0.3 is 7.54 Å². The molecule has 0 saturated heterocycles. The van der Waals surface area contributed by atoms with Gasteiger partial charge in [-0.3, -0.25) is 22.4 Å². The molecule has 0 aromatic carbocycles. The third kappa shape index (κ3) is 12.3. The van der Waals surface area contributed by atoms with E-state index in [2.05, 4.69) is 71.2 Å². The van der Waals surface area contributed by atoms with Crippen molar-refractivity contribution in [1.29, 1.82) is 0 Å². The molecular formula is C13H29BF4N2. The molecule has 0 aromatic rings. The molecule has 0 aliphatic carbocycles. The quantitative estimate of drug-likeness (QED) is 0.240. The molecule has 0 radical (unpaired) electrons. The first-order valence-electron chi connectivity index (χ1n) is 6.82. The molecule has 0 unspecified atom stereocenters. The van der Waals surface area contributed by atoms with Crippen molar-refractivity contribution in [2.45, 2.75) is 79.6 Å². The molecule has 0 aliphatic rings. The Hall–Kier alpha value is -0.745. The summed E-state index contributed by atoms with van der Waals surface area (Å²) in [4.78, 5) is 2.42. The molecule has 7 heteroatoms. The van der Waals surface area contributed by atoms with E-state index in [4.69, 9.17) is 0 Å². The first-order chi connectivity index (χ1) is 8.50. The Morgan fingerprint density at radius 3 is 1.20 bits per heavy atom. The second-order valence-electron chi connectivity index (χ2n) is 5.63. The standard InChI is InChI=1S/C13H29N2.BF3.FH/c1-10(2)14(11(3)4)9-15(12(5)6)13(7)8;2-1(3)4;/h9-13H,1-8H3;;1H/q+1;;/p-1. The van der Waals surface area contributed by atoms with Crippen molar-refractivity contribution in [3.05, 3.63) is 0 Å². The van der Waals surface area contributed by atoms with E-state index in [1.54, 1.807) is 0 Å². The van der Waals surface area contributed by atoms with E-state index in [9.17, 15) is 12.9 Å². The van der Waals surface area contributed by atoms with Crippen molar-refractivity contribution in [1.82, 2.24) is 4.90 Å². The first kappa shape index (κ1) is 24.3. The van der Waals surface area contributed by atoms with Gasteiger partial charge in [0.05, 0.1) is 24.2 Å². The summed E-state index contributed by atoms with van der Waals surface area (Å²) in [6, 6.07) is 2.24. The molecular weight excluding hydrogens is 271 g/mol. The molecule has 0 rings (SSSR count). The molecule has 0 aliphatic heterocycles. The predicted octanol–water partition coefficient (Wildman–Crippen LogP) is 0.847. The van der Waals surface area contributed by atoms with Crippen LogP contribution in [0.15, 0.2) is 0 Å². The fourth-order valence-corrected chi connectivity index (χ4v) is 1.88. The van der Waals surface area contributed by atoms with Crippen molar-refractivity contribution < 1.29 is 22.2 Å². The van der Waals surface area contributed by atoms with Crippen LogP contribution in [0.4, 0.5) is 12.9 Å². The van der Waals surface area contributed by atoms with E-state index in [-0.39, 0.29) is 4.70 Å². The fourth-order valence-electron chi connectivity index (χ4n) is 1.88. The van der Waals surface area contributed by atoms with E-state index in [0.717, 1.165) is 0 Å². The summed E-state index contributed by atoms with van der Waals surface area (Å²) in [5.74, 6) is 0. The molecule has 0 saturated carbocycles. The van der Waals surface area contributed by atoms with Crippen molar-refractivity contribution in [2.24, 2.45) is 0 Å². The van der Waals surface area contributed by atoms with Crippen molar-refractivity contribution in [3.8, 4) is 0 Å². The largest absolute Gasteiger partial charge is 1.00 e.